The SMILES string of the molecule is NC(=O)/C=[14CH]/C(F)(F)C(F)(F)C(F)(F)C(F)(F)C(F)(F)C(F)(F)C(F)(F)F. The van der Waals surface area contributed by atoms with Crippen molar-refractivity contribution in [2.75, 3.05) is 0 Å². The lowest BCUT2D eigenvalue weighted by Gasteiger charge is -2.41. The molecule has 0 radical (unpaired) electrons. The van der Waals surface area contributed by atoms with E-state index in [0.717, 1.165) is 0 Å². The molecule has 0 aliphatic carbocycles. The fourth-order valence-electron chi connectivity index (χ4n) is 1.27. The van der Waals surface area contributed by atoms with Crippen LogP contribution in [0.2, 0.25) is 0 Å². The van der Waals surface area contributed by atoms with Gasteiger partial charge in [-0.15, -0.1) is 0 Å². The third-order valence-corrected chi connectivity index (χ3v) is 2.81. The van der Waals surface area contributed by atoms with Gasteiger partial charge in [-0.2, -0.15) is 65.9 Å². The Hall–Kier alpha value is -1.84. The third-order valence-electron chi connectivity index (χ3n) is 2.81. The Labute approximate surface area is 137 Å². The quantitative estimate of drug-likeness (QED) is 0.462. The molecular weight excluding hydrogens is 437 g/mol. The Bertz CT molecular complexity index is 602. The molecule has 1 amide bonds. The summed E-state index contributed by atoms with van der Waals surface area (Å²) < 4.78 is 190. The molecule has 0 aromatic heterocycles. The molecule has 2 N–H and O–H groups in total. The van der Waals surface area contributed by atoms with Crippen LogP contribution < -0.4 is 5.73 Å². The van der Waals surface area contributed by atoms with Gasteiger partial charge >= 0.3 is 41.7 Å². The molecule has 17 heteroatoms. The molecule has 0 aromatic rings. The molecule has 0 saturated carbocycles. The van der Waals surface area contributed by atoms with Crippen molar-refractivity contribution in [2.24, 2.45) is 5.73 Å². The minimum absolute atomic E-state index is 0.801. The predicted octanol–water partition coefficient (Wildman–Crippen LogP) is 4.40. The monoisotopic (exact) mass is 441 g/mol. The zero-order valence-electron chi connectivity index (χ0n) is 11.8. The summed E-state index contributed by atoms with van der Waals surface area (Å²) in [6.45, 7) is 0. The molecule has 0 rings (SSSR count). The summed E-state index contributed by atoms with van der Waals surface area (Å²) in [7, 11) is 0. The molecular formula is C10H4F15NO. The van der Waals surface area contributed by atoms with Gasteiger partial charge in [0.2, 0.25) is 5.91 Å². The van der Waals surface area contributed by atoms with Crippen molar-refractivity contribution in [3.63, 3.8) is 0 Å². The van der Waals surface area contributed by atoms with E-state index in [1.807, 2.05) is 0 Å². The van der Waals surface area contributed by atoms with Crippen molar-refractivity contribution >= 4 is 5.91 Å². The molecule has 0 spiro atoms. The van der Waals surface area contributed by atoms with E-state index in [-0.39, 0.29) is 0 Å². The average molecular weight is 441 g/mol. The molecule has 0 atom stereocenters. The standard InChI is InChI=1S/C10H4F15NO/c11-4(12,2-1-3(26)27)5(13,14)6(15,16)7(17,18)8(19,20)9(21,22)10(23,24)25/h1-2H,(H2,26,27)/b2-1+/i2+2. The van der Waals surface area contributed by atoms with E-state index in [4.69, 9.17) is 0 Å². The van der Waals surface area contributed by atoms with Crippen LogP contribution in [-0.2, 0) is 4.79 Å². The van der Waals surface area contributed by atoms with Gasteiger partial charge in [0.25, 0.3) is 0 Å². The van der Waals surface area contributed by atoms with Crippen molar-refractivity contribution in [1.82, 2.24) is 0 Å². The number of nitrogens with two attached hydrogens (primary N) is 1. The summed E-state index contributed by atoms with van der Waals surface area (Å²) in [6, 6.07) is 0. The molecule has 0 aromatic carbocycles. The number of carbonyl (C=O) groups excluding carboxylic acids is 1. The van der Waals surface area contributed by atoms with Crippen LogP contribution in [0.4, 0.5) is 65.9 Å². The Morgan fingerprint density at radius 1 is 0.593 bits per heavy atom. The predicted molar refractivity (Wildman–Crippen MR) is 54.1 cm³/mol. The van der Waals surface area contributed by atoms with E-state index in [9.17, 15) is 70.7 Å². The van der Waals surface area contributed by atoms with Crippen LogP contribution in [0.5, 0.6) is 0 Å². The number of hydrogen-bond acceptors (Lipinski definition) is 1. The summed E-state index contributed by atoms with van der Waals surface area (Å²) >= 11 is 0. The minimum atomic E-state index is -8.35. The van der Waals surface area contributed by atoms with E-state index in [0.29, 0.717) is 0 Å². The van der Waals surface area contributed by atoms with Gasteiger partial charge in [-0.3, -0.25) is 4.79 Å². The number of halogens is 15. The number of primary amides is 1. The van der Waals surface area contributed by atoms with E-state index in [1.54, 1.807) is 0 Å². The number of rotatable bonds is 7. The molecule has 0 aliphatic rings. The van der Waals surface area contributed by atoms with Gasteiger partial charge in [0.15, 0.2) is 0 Å². The van der Waals surface area contributed by atoms with E-state index < -0.39 is 59.8 Å². The Morgan fingerprint density at radius 2 is 0.889 bits per heavy atom. The zero-order valence-corrected chi connectivity index (χ0v) is 11.8. The highest BCUT2D eigenvalue weighted by Gasteiger charge is 2.93. The van der Waals surface area contributed by atoms with Crippen LogP contribution in [0.1, 0.15) is 0 Å². The second-order valence-electron chi connectivity index (χ2n) is 4.73. The molecule has 0 bridgehead atoms. The summed E-state index contributed by atoms with van der Waals surface area (Å²) in [4.78, 5) is 10.1. The smallest absolute Gasteiger partial charge is 0.366 e. The van der Waals surface area contributed by atoms with Crippen molar-refractivity contribution in [1.29, 1.82) is 0 Å². The lowest BCUT2D eigenvalue weighted by atomic mass is 9.93. The Morgan fingerprint density at radius 3 is 1.19 bits per heavy atom. The average Bonchev–Trinajstić information content (AvgIpc) is 2.42. The zero-order chi connectivity index (χ0) is 22.5. The van der Waals surface area contributed by atoms with Crippen LogP contribution in [0, 0.1) is 0 Å². The van der Waals surface area contributed by atoms with Gasteiger partial charge < -0.3 is 5.73 Å². The first-order valence-corrected chi connectivity index (χ1v) is 5.74. The van der Waals surface area contributed by atoms with Crippen LogP contribution in [0.25, 0.3) is 0 Å². The molecule has 0 fully saturated rings. The first-order chi connectivity index (χ1) is 11.4. The maximum atomic E-state index is 13.1. The second kappa shape index (κ2) is 6.35. The lowest BCUT2D eigenvalue weighted by Crippen LogP contribution is -2.72. The highest BCUT2D eigenvalue weighted by Crippen LogP contribution is 2.62. The third kappa shape index (κ3) is 3.51. The van der Waals surface area contributed by atoms with Crippen molar-refractivity contribution < 1.29 is 70.7 Å². The molecule has 0 aliphatic heterocycles. The first-order valence-electron chi connectivity index (χ1n) is 5.74. The summed E-state index contributed by atoms with van der Waals surface area (Å²) in [5.41, 5.74) is 4.13. The van der Waals surface area contributed by atoms with Crippen LogP contribution in [0.15, 0.2) is 12.2 Å². The maximum Gasteiger partial charge on any atom is 0.460 e. The van der Waals surface area contributed by atoms with Crippen LogP contribution >= 0.6 is 0 Å². The van der Waals surface area contributed by atoms with E-state index >= 15 is 0 Å². The van der Waals surface area contributed by atoms with Gasteiger partial charge in [-0.1, -0.05) is 0 Å². The van der Waals surface area contributed by atoms with Crippen molar-refractivity contribution in [3.05, 3.63) is 12.2 Å². The van der Waals surface area contributed by atoms with Gasteiger partial charge in [0.05, 0.1) is 0 Å². The topological polar surface area (TPSA) is 43.1 Å². The number of carbonyl (C=O) groups is 1. The fourth-order valence-corrected chi connectivity index (χ4v) is 1.27. The minimum Gasteiger partial charge on any atom is -0.366 e. The fraction of sp³-hybridized carbons (Fsp3) is 0.700. The largest absolute Gasteiger partial charge is 0.460 e. The summed E-state index contributed by atoms with van der Waals surface area (Å²) in [6.07, 6.45) is -10.0. The molecule has 0 unspecified atom stereocenters. The molecule has 27 heavy (non-hydrogen) atoms. The lowest BCUT2D eigenvalue weighted by molar-refractivity contribution is -0.449. The second-order valence-corrected chi connectivity index (χ2v) is 4.73. The Balaban J connectivity index is 6.51. The van der Waals surface area contributed by atoms with E-state index in [1.165, 1.54) is 0 Å². The number of hydrogen-bond donors (Lipinski definition) is 1. The Kier molecular flexibility index (Phi) is 5.92. The summed E-state index contributed by atoms with van der Waals surface area (Å²) in [5.74, 6) is -49.2. The van der Waals surface area contributed by atoms with Crippen LogP contribution in [-0.4, -0.2) is 47.6 Å². The van der Waals surface area contributed by atoms with Crippen molar-refractivity contribution in [3.8, 4) is 0 Å². The molecule has 160 valence electrons. The highest BCUT2D eigenvalue weighted by molar-refractivity contribution is 5.85. The highest BCUT2D eigenvalue weighted by atomic mass is 19.4. The first kappa shape index (κ1) is 25.2. The molecule has 0 saturated heterocycles. The number of amides is 1. The van der Waals surface area contributed by atoms with Gasteiger partial charge in [-0.05, 0) is 6.08 Å². The normalized spacial score (nSPS) is 16.1. The number of allylic oxidation sites excluding steroid dienone is 1. The van der Waals surface area contributed by atoms with Crippen molar-refractivity contribution in [2.45, 2.75) is 41.7 Å². The summed E-state index contributed by atoms with van der Waals surface area (Å²) in [5, 5.41) is 0. The van der Waals surface area contributed by atoms with E-state index in [2.05, 4.69) is 5.73 Å². The molecule has 0 heterocycles. The van der Waals surface area contributed by atoms with Gasteiger partial charge in [0, 0.05) is 6.08 Å². The van der Waals surface area contributed by atoms with Crippen LogP contribution in [0.3, 0.4) is 0 Å². The van der Waals surface area contributed by atoms with Gasteiger partial charge in [-0.25, -0.2) is 0 Å². The molecule has 2 nitrogen and oxygen atoms in total. The van der Waals surface area contributed by atoms with Gasteiger partial charge in [0.1, 0.15) is 0 Å². The number of alkyl halides is 15. The maximum absolute atomic E-state index is 13.1.